The topological polar surface area (TPSA) is 0 Å². The molecule has 0 heterocycles. The summed E-state index contributed by atoms with van der Waals surface area (Å²) in [5, 5.41) is 0. The SMILES string of the molecule is C/C=C(/C)C(C)CCC. The van der Waals surface area contributed by atoms with Crippen molar-refractivity contribution in [1.29, 1.82) is 0 Å². The number of hydrogen-bond donors (Lipinski definition) is 0. The van der Waals surface area contributed by atoms with E-state index >= 15 is 0 Å². The number of rotatable bonds is 3. The highest BCUT2D eigenvalue weighted by Crippen LogP contribution is 2.14. The van der Waals surface area contributed by atoms with E-state index in [9.17, 15) is 0 Å². The maximum absolute atomic E-state index is 2.29. The van der Waals surface area contributed by atoms with Gasteiger partial charge in [0, 0.05) is 0 Å². The molecule has 0 aliphatic rings. The standard InChI is InChI=1S/C9H18/c1-5-7-9(4)8(3)6-2/h6,9H,5,7H2,1-4H3/b8-6-. The summed E-state index contributed by atoms with van der Waals surface area (Å²) < 4.78 is 0. The number of hydrogen-bond acceptors (Lipinski definition) is 0. The molecule has 0 aliphatic carbocycles. The van der Waals surface area contributed by atoms with Crippen LogP contribution in [0.25, 0.3) is 0 Å². The van der Waals surface area contributed by atoms with E-state index < -0.39 is 0 Å². The third-order valence-electron chi connectivity index (χ3n) is 1.95. The van der Waals surface area contributed by atoms with E-state index in [1.165, 1.54) is 18.4 Å². The molecule has 1 atom stereocenters. The van der Waals surface area contributed by atoms with Crippen LogP contribution in [0.15, 0.2) is 11.6 Å². The second-order valence-electron chi connectivity index (χ2n) is 2.72. The highest BCUT2D eigenvalue weighted by molar-refractivity contribution is 4.99. The molecule has 0 aromatic rings. The van der Waals surface area contributed by atoms with Crippen LogP contribution in [0.3, 0.4) is 0 Å². The van der Waals surface area contributed by atoms with Crippen LogP contribution < -0.4 is 0 Å². The lowest BCUT2D eigenvalue weighted by atomic mass is 9.98. The fourth-order valence-corrected chi connectivity index (χ4v) is 0.945. The first-order chi connectivity index (χ1) is 4.22. The lowest BCUT2D eigenvalue weighted by molar-refractivity contribution is 0.601. The van der Waals surface area contributed by atoms with Crippen LogP contribution in [-0.4, -0.2) is 0 Å². The van der Waals surface area contributed by atoms with Gasteiger partial charge in [-0.2, -0.15) is 0 Å². The Morgan fingerprint density at radius 3 is 2.44 bits per heavy atom. The van der Waals surface area contributed by atoms with Crippen molar-refractivity contribution in [3.63, 3.8) is 0 Å². The molecule has 0 saturated carbocycles. The van der Waals surface area contributed by atoms with Gasteiger partial charge in [-0.3, -0.25) is 0 Å². The van der Waals surface area contributed by atoms with Gasteiger partial charge in [0.2, 0.25) is 0 Å². The Hall–Kier alpha value is -0.260. The first-order valence-electron chi connectivity index (χ1n) is 3.85. The summed E-state index contributed by atoms with van der Waals surface area (Å²) >= 11 is 0. The van der Waals surface area contributed by atoms with Crippen LogP contribution in [0.4, 0.5) is 0 Å². The smallest absolute Gasteiger partial charge is 0.0235 e. The Morgan fingerprint density at radius 2 is 2.11 bits per heavy atom. The molecular weight excluding hydrogens is 108 g/mol. The van der Waals surface area contributed by atoms with Crippen molar-refractivity contribution in [1.82, 2.24) is 0 Å². The second-order valence-corrected chi connectivity index (χ2v) is 2.72. The van der Waals surface area contributed by atoms with Gasteiger partial charge < -0.3 is 0 Å². The molecule has 0 aromatic carbocycles. The lowest BCUT2D eigenvalue weighted by Gasteiger charge is -2.08. The van der Waals surface area contributed by atoms with Gasteiger partial charge in [-0.25, -0.2) is 0 Å². The summed E-state index contributed by atoms with van der Waals surface area (Å²) in [6.45, 7) is 8.85. The van der Waals surface area contributed by atoms with Crippen LogP contribution in [-0.2, 0) is 0 Å². The molecule has 9 heavy (non-hydrogen) atoms. The Morgan fingerprint density at radius 1 is 1.56 bits per heavy atom. The molecule has 0 spiro atoms. The molecule has 0 fully saturated rings. The van der Waals surface area contributed by atoms with E-state index in [2.05, 4.69) is 33.8 Å². The van der Waals surface area contributed by atoms with Crippen molar-refractivity contribution in [2.75, 3.05) is 0 Å². The van der Waals surface area contributed by atoms with E-state index in [-0.39, 0.29) is 0 Å². The minimum Gasteiger partial charge on any atom is -0.0885 e. The summed E-state index contributed by atoms with van der Waals surface area (Å²) in [5.41, 5.74) is 1.52. The van der Waals surface area contributed by atoms with Crippen LogP contribution in [0.5, 0.6) is 0 Å². The van der Waals surface area contributed by atoms with Crippen LogP contribution in [0, 0.1) is 5.92 Å². The molecule has 0 heteroatoms. The predicted octanol–water partition coefficient (Wildman–Crippen LogP) is 3.39. The van der Waals surface area contributed by atoms with Gasteiger partial charge in [0.1, 0.15) is 0 Å². The normalized spacial score (nSPS) is 15.8. The molecule has 1 unspecified atom stereocenters. The fraction of sp³-hybridized carbons (Fsp3) is 0.778. The van der Waals surface area contributed by atoms with Crippen LogP contribution >= 0.6 is 0 Å². The molecule has 0 amide bonds. The minimum atomic E-state index is 0.792. The van der Waals surface area contributed by atoms with Gasteiger partial charge in [-0.1, -0.05) is 31.9 Å². The maximum Gasteiger partial charge on any atom is -0.0235 e. The van der Waals surface area contributed by atoms with E-state index in [0.29, 0.717) is 0 Å². The van der Waals surface area contributed by atoms with Gasteiger partial charge in [0.25, 0.3) is 0 Å². The van der Waals surface area contributed by atoms with Crippen LogP contribution in [0.2, 0.25) is 0 Å². The summed E-state index contributed by atoms with van der Waals surface area (Å²) in [6.07, 6.45) is 4.84. The Balaban J connectivity index is 3.59. The van der Waals surface area contributed by atoms with Gasteiger partial charge in [-0.05, 0) is 26.2 Å². The Labute approximate surface area is 59.0 Å². The molecule has 0 N–H and O–H groups in total. The Kier molecular flexibility index (Phi) is 4.47. The monoisotopic (exact) mass is 126 g/mol. The summed E-state index contributed by atoms with van der Waals surface area (Å²) in [6, 6.07) is 0. The molecule has 0 bridgehead atoms. The Bertz CT molecular complexity index is 90.2. The lowest BCUT2D eigenvalue weighted by Crippen LogP contribution is -1.94. The minimum absolute atomic E-state index is 0.792. The second kappa shape index (κ2) is 4.60. The van der Waals surface area contributed by atoms with E-state index in [1.54, 1.807) is 0 Å². The van der Waals surface area contributed by atoms with Gasteiger partial charge >= 0.3 is 0 Å². The maximum atomic E-state index is 2.29. The van der Waals surface area contributed by atoms with Crippen molar-refractivity contribution < 1.29 is 0 Å². The molecule has 0 aromatic heterocycles. The summed E-state index contributed by atoms with van der Waals surface area (Å²) in [5.74, 6) is 0.792. The molecule has 0 saturated heterocycles. The zero-order valence-corrected chi connectivity index (χ0v) is 7.07. The first kappa shape index (κ1) is 8.74. The number of allylic oxidation sites excluding steroid dienone is 2. The van der Waals surface area contributed by atoms with Crippen molar-refractivity contribution in [3.8, 4) is 0 Å². The third kappa shape index (κ3) is 3.34. The first-order valence-corrected chi connectivity index (χ1v) is 3.85. The highest BCUT2D eigenvalue weighted by Gasteiger charge is 1.99. The quantitative estimate of drug-likeness (QED) is 0.508. The van der Waals surface area contributed by atoms with Gasteiger partial charge in [0.05, 0.1) is 0 Å². The molecule has 0 radical (unpaired) electrons. The van der Waals surface area contributed by atoms with Gasteiger partial charge in [0.15, 0.2) is 0 Å². The van der Waals surface area contributed by atoms with Crippen molar-refractivity contribution in [3.05, 3.63) is 11.6 Å². The van der Waals surface area contributed by atoms with E-state index in [4.69, 9.17) is 0 Å². The molecule has 0 rings (SSSR count). The van der Waals surface area contributed by atoms with Gasteiger partial charge in [-0.15, -0.1) is 0 Å². The fourth-order valence-electron chi connectivity index (χ4n) is 0.945. The largest absolute Gasteiger partial charge is 0.0885 e. The van der Waals surface area contributed by atoms with Crippen LogP contribution in [0.1, 0.15) is 40.5 Å². The molecular formula is C9H18. The third-order valence-corrected chi connectivity index (χ3v) is 1.95. The average Bonchev–Trinajstić information content (AvgIpc) is 1.87. The van der Waals surface area contributed by atoms with Crippen molar-refractivity contribution in [2.24, 2.45) is 5.92 Å². The van der Waals surface area contributed by atoms with Crippen molar-refractivity contribution in [2.45, 2.75) is 40.5 Å². The summed E-state index contributed by atoms with van der Waals surface area (Å²) in [7, 11) is 0. The highest BCUT2D eigenvalue weighted by atomic mass is 14.0. The molecule has 0 nitrogen and oxygen atoms in total. The predicted molar refractivity (Wildman–Crippen MR) is 43.5 cm³/mol. The van der Waals surface area contributed by atoms with E-state index in [0.717, 1.165) is 5.92 Å². The molecule has 0 aliphatic heterocycles. The van der Waals surface area contributed by atoms with Crippen molar-refractivity contribution >= 4 is 0 Å². The molecule has 54 valence electrons. The average molecular weight is 126 g/mol. The summed E-state index contributed by atoms with van der Waals surface area (Å²) in [4.78, 5) is 0. The zero-order chi connectivity index (χ0) is 7.28. The van der Waals surface area contributed by atoms with E-state index in [1.807, 2.05) is 0 Å². The zero-order valence-electron chi connectivity index (χ0n) is 7.07.